The van der Waals surface area contributed by atoms with Crippen molar-refractivity contribution in [3.8, 4) is 11.5 Å². The van der Waals surface area contributed by atoms with Crippen LogP contribution in [0.2, 0.25) is 0 Å². The Hall–Kier alpha value is -3.68. The van der Waals surface area contributed by atoms with Gasteiger partial charge >= 0.3 is 0 Å². The minimum atomic E-state index is -0.236. The van der Waals surface area contributed by atoms with Gasteiger partial charge in [0.2, 0.25) is 0 Å². The van der Waals surface area contributed by atoms with Crippen molar-refractivity contribution in [2.45, 2.75) is 31.8 Å². The van der Waals surface area contributed by atoms with Crippen molar-refractivity contribution in [3.63, 3.8) is 0 Å². The zero-order valence-electron chi connectivity index (χ0n) is 20.8. The summed E-state index contributed by atoms with van der Waals surface area (Å²) in [6.45, 7) is 2.41. The average Bonchev–Trinajstić information content (AvgIpc) is 3.34. The summed E-state index contributed by atoms with van der Waals surface area (Å²) in [7, 11) is 3.29. The number of rotatable bonds is 8. The highest BCUT2D eigenvalue weighted by Gasteiger charge is 2.42. The van der Waals surface area contributed by atoms with Gasteiger partial charge in [-0.1, -0.05) is 43.3 Å². The van der Waals surface area contributed by atoms with Crippen molar-refractivity contribution in [3.05, 3.63) is 89.7 Å². The average molecular weight is 486 g/mol. The quantitative estimate of drug-likeness (QED) is 0.358. The molecule has 1 aromatic heterocycles. The van der Waals surface area contributed by atoms with Crippen LogP contribution >= 0.6 is 0 Å². The summed E-state index contributed by atoms with van der Waals surface area (Å²) in [6, 6.07) is 23.3. The van der Waals surface area contributed by atoms with Gasteiger partial charge in [-0.2, -0.15) is 5.06 Å². The summed E-state index contributed by atoms with van der Waals surface area (Å²) < 4.78 is 10.7. The van der Waals surface area contributed by atoms with Gasteiger partial charge in [-0.3, -0.25) is 9.63 Å². The molecule has 1 N–H and O–H groups in total. The first-order valence-electron chi connectivity index (χ1n) is 12.2. The van der Waals surface area contributed by atoms with Crippen LogP contribution in [0.4, 0.5) is 0 Å². The van der Waals surface area contributed by atoms with Crippen LogP contribution in [0, 0.1) is 5.92 Å². The molecule has 3 atom stereocenters. The fourth-order valence-corrected chi connectivity index (χ4v) is 4.93. The lowest BCUT2D eigenvalue weighted by molar-refractivity contribution is -0.237. The normalized spacial score (nSPS) is 20.5. The Morgan fingerprint density at radius 3 is 2.19 bits per heavy atom. The number of imidazole rings is 1. The molecule has 0 amide bonds. The number of hydrogen-bond acceptors (Lipinski definition) is 6. The van der Waals surface area contributed by atoms with E-state index in [0.717, 1.165) is 39.5 Å². The topological polar surface area (TPSA) is 76.7 Å². The molecule has 1 saturated heterocycles. The van der Waals surface area contributed by atoms with E-state index in [1.54, 1.807) is 14.2 Å². The molecular weight excluding hydrogens is 454 g/mol. The van der Waals surface area contributed by atoms with Crippen LogP contribution in [0.15, 0.2) is 72.8 Å². The van der Waals surface area contributed by atoms with E-state index in [9.17, 15) is 4.79 Å². The lowest BCUT2D eigenvalue weighted by atomic mass is 9.81. The van der Waals surface area contributed by atoms with Crippen LogP contribution < -0.4 is 9.47 Å². The molecule has 0 aliphatic carbocycles. The van der Waals surface area contributed by atoms with Gasteiger partial charge in [0.1, 0.15) is 23.1 Å². The molecule has 5 rings (SSSR count). The number of nitrogens with one attached hydrogen (secondary N) is 1. The van der Waals surface area contributed by atoms with Crippen LogP contribution in [-0.2, 0) is 16.1 Å². The van der Waals surface area contributed by atoms with Gasteiger partial charge in [-0.15, -0.1) is 0 Å². The van der Waals surface area contributed by atoms with Gasteiger partial charge in [-0.25, -0.2) is 4.98 Å². The Morgan fingerprint density at radius 2 is 1.56 bits per heavy atom. The maximum Gasteiger partial charge on any atom is 0.139 e. The van der Waals surface area contributed by atoms with E-state index in [1.807, 2.05) is 84.8 Å². The second-order valence-electron chi connectivity index (χ2n) is 9.11. The third-order valence-electron chi connectivity index (χ3n) is 6.93. The first-order valence-corrected chi connectivity index (χ1v) is 12.2. The molecule has 0 spiro atoms. The molecule has 186 valence electrons. The van der Waals surface area contributed by atoms with Crippen LogP contribution in [0.1, 0.15) is 42.4 Å². The number of ketones is 1. The van der Waals surface area contributed by atoms with Crippen molar-refractivity contribution in [2.24, 2.45) is 5.92 Å². The van der Waals surface area contributed by atoms with E-state index >= 15 is 0 Å². The van der Waals surface area contributed by atoms with Gasteiger partial charge < -0.3 is 14.5 Å². The SMILES string of the molecule is COc1ccc(C2CC(=O)[C@@H](C)C(c3ccc(OC)cc3)N2OCCc2nc3ccccc3[nH]2)cc1. The smallest absolute Gasteiger partial charge is 0.139 e. The molecular formula is C29H31N3O4. The molecule has 4 aromatic rings. The van der Waals surface area contributed by atoms with Crippen LogP contribution in [0.25, 0.3) is 11.0 Å². The highest BCUT2D eigenvalue weighted by Crippen LogP contribution is 2.44. The summed E-state index contributed by atoms with van der Waals surface area (Å²) in [5.74, 6) is 2.42. The zero-order chi connectivity index (χ0) is 25.1. The number of nitrogens with zero attached hydrogens (tertiary/aromatic N) is 2. The lowest BCUT2D eigenvalue weighted by Gasteiger charge is -2.44. The number of para-hydroxylation sites is 2. The number of Topliss-reactive ketones (excluding diaryl/α,β-unsaturated/α-hetero) is 1. The van der Waals surface area contributed by atoms with Crippen molar-refractivity contribution >= 4 is 16.8 Å². The summed E-state index contributed by atoms with van der Waals surface area (Å²) >= 11 is 0. The predicted molar refractivity (Wildman–Crippen MR) is 138 cm³/mol. The maximum atomic E-state index is 13.2. The number of hydroxylamine groups is 2. The standard InChI is InChI=1S/C29H31N3O4/c1-19-27(33)18-26(20-8-12-22(34-2)13-9-20)32(29(19)21-10-14-23(35-3)15-11-21)36-17-16-28-30-24-6-4-5-7-25(24)31-28/h4-15,19,26,29H,16-18H2,1-3H3,(H,30,31)/t19-,26?,29?/m1/s1. The second kappa shape index (κ2) is 10.5. The number of fused-ring (bicyclic) bond motifs is 1. The van der Waals surface area contributed by atoms with Crippen molar-refractivity contribution in [1.82, 2.24) is 15.0 Å². The highest BCUT2D eigenvalue weighted by molar-refractivity contribution is 5.83. The number of ether oxygens (including phenoxy) is 2. The highest BCUT2D eigenvalue weighted by atomic mass is 16.7. The molecule has 3 aromatic carbocycles. The number of aromatic nitrogens is 2. The number of benzene rings is 3. The minimum Gasteiger partial charge on any atom is -0.497 e. The lowest BCUT2D eigenvalue weighted by Crippen LogP contribution is -2.45. The number of H-pyrrole nitrogens is 1. The number of piperidine rings is 1. The van der Waals surface area contributed by atoms with E-state index < -0.39 is 0 Å². The van der Waals surface area contributed by atoms with E-state index in [2.05, 4.69) is 9.97 Å². The van der Waals surface area contributed by atoms with Gasteiger partial charge in [0.25, 0.3) is 0 Å². The van der Waals surface area contributed by atoms with Crippen molar-refractivity contribution in [1.29, 1.82) is 0 Å². The Kier molecular flexibility index (Phi) is 7.02. The third-order valence-corrected chi connectivity index (χ3v) is 6.93. The Balaban J connectivity index is 1.44. The summed E-state index contributed by atoms with van der Waals surface area (Å²) in [5, 5.41) is 2.01. The van der Waals surface area contributed by atoms with E-state index in [4.69, 9.17) is 14.3 Å². The zero-order valence-corrected chi connectivity index (χ0v) is 20.8. The van der Waals surface area contributed by atoms with Crippen molar-refractivity contribution < 1.29 is 19.1 Å². The Bertz CT molecular complexity index is 1280. The van der Waals surface area contributed by atoms with E-state index in [-0.39, 0.29) is 23.8 Å². The van der Waals surface area contributed by atoms with E-state index in [0.29, 0.717) is 19.4 Å². The molecule has 1 aliphatic rings. The molecule has 2 unspecified atom stereocenters. The molecule has 7 heteroatoms. The van der Waals surface area contributed by atoms with Gasteiger partial charge in [0.05, 0.1) is 43.9 Å². The minimum absolute atomic E-state index is 0.216. The number of methoxy groups -OCH3 is 2. The second-order valence-corrected chi connectivity index (χ2v) is 9.11. The number of carbonyl (C=O) groups excluding carboxylic acids is 1. The number of hydrogen-bond donors (Lipinski definition) is 1. The summed E-state index contributed by atoms with van der Waals surface area (Å²) in [6.07, 6.45) is 1.00. The molecule has 0 saturated carbocycles. The number of aromatic amines is 1. The summed E-state index contributed by atoms with van der Waals surface area (Å²) in [5.41, 5.74) is 3.98. The van der Waals surface area contributed by atoms with Crippen LogP contribution in [0.5, 0.6) is 11.5 Å². The van der Waals surface area contributed by atoms with Crippen molar-refractivity contribution in [2.75, 3.05) is 20.8 Å². The Labute approximate surface area is 211 Å². The van der Waals surface area contributed by atoms with Gasteiger partial charge in [-0.05, 0) is 47.5 Å². The fraction of sp³-hybridized carbons (Fsp3) is 0.310. The molecule has 0 bridgehead atoms. The first kappa shape index (κ1) is 24.0. The van der Waals surface area contributed by atoms with E-state index in [1.165, 1.54) is 0 Å². The molecule has 2 heterocycles. The Morgan fingerprint density at radius 1 is 0.917 bits per heavy atom. The third kappa shape index (κ3) is 4.85. The summed E-state index contributed by atoms with van der Waals surface area (Å²) in [4.78, 5) is 27.8. The molecule has 36 heavy (non-hydrogen) atoms. The molecule has 1 fully saturated rings. The van der Waals surface area contributed by atoms with Crippen LogP contribution in [0.3, 0.4) is 0 Å². The largest absolute Gasteiger partial charge is 0.497 e. The predicted octanol–water partition coefficient (Wildman–Crippen LogP) is 5.45. The van der Waals surface area contributed by atoms with Crippen LogP contribution in [-0.4, -0.2) is 41.6 Å². The molecule has 7 nitrogen and oxygen atoms in total. The molecule has 0 radical (unpaired) electrons. The van der Waals surface area contributed by atoms with Gasteiger partial charge in [0.15, 0.2) is 0 Å². The first-order chi connectivity index (χ1) is 17.6. The maximum absolute atomic E-state index is 13.2. The molecule has 1 aliphatic heterocycles. The fourth-order valence-electron chi connectivity index (χ4n) is 4.93. The monoisotopic (exact) mass is 485 g/mol. The van der Waals surface area contributed by atoms with Gasteiger partial charge in [0, 0.05) is 18.8 Å². The number of carbonyl (C=O) groups is 1.